The van der Waals surface area contributed by atoms with E-state index >= 15 is 0 Å². The molecule has 0 aromatic heterocycles. The summed E-state index contributed by atoms with van der Waals surface area (Å²) < 4.78 is 16.2. The van der Waals surface area contributed by atoms with E-state index < -0.39 is 11.9 Å². The Kier molecular flexibility index (Phi) is 7.43. The maximum absolute atomic E-state index is 13.7. The number of Topliss-reactive ketones (excluding diaryl/α,β-unsaturated/α-hetero) is 1. The Bertz CT molecular complexity index is 1250. The fourth-order valence-corrected chi connectivity index (χ4v) is 5.33. The van der Waals surface area contributed by atoms with Crippen molar-refractivity contribution >= 4 is 35.0 Å². The van der Waals surface area contributed by atoms with Gasteiger partial charge in [-0.1, -0.05) is 41.4 Å². The van der Waals surface area contributed by atoms with Gasteiger partial charge in [0.2, 0.25) is 0 Å². The SMILES string of the molecule is CCOC(=O)C1=C(C)NC2=C(C(=O)C[C@H](c3ccc(OC)c(OC)c3)C2)[C@H]1c1cccc(Cl)c1Cl. The van der Waals surface area contributed by atoms with E-state index in [9.17, 15) is 9.59 Å². The Balaban J connectivity index is 1.81. The first-order valence-corrected chi connectivity index (χ1v) is 12.1. The number of dihydropyridines is 1. The van der Waals surface area contributed by atoms with Gasteiger partial charge in [-0.05, 0) is 55.5 Å². The fraction of sp³-hybridized carbons (Fsp3) is 0.333. The first-order valence-electron chi connectivity index (χ1n) is 11.4. The largest absolute Gasteiger partial charge is 0.493 e. The molecule has 2 aliphatic rings. The van der Waals surface area contributed by atoms with Crippen molar-refractivity contribution in [2.75, 3.05) is 20.8 Å². The molecule has 4 rings (SSSR count). The third-order valence-corrected chi connectivity index (χ3v) is 7.33. The van der Waals surface area contributed by atoms with Crippen molar-refractivity contribution in [2.24, 2.45) is 0 Å². The van der Waals surface area contributed by atoms with Gasteiger partial charge in [0.25, 0.3) is 0 Å². The molecule has 184 valence electrons. The van der Waals surface area contributed by atoms with E-state index in [1.165, 1.54) is 0 Å². The van der Waals surface area contributed by atoms with E-state index in [0.717, 1.165) is 11.3 Å². The summed E-state index contributed by atoms with van der Waals surface area (Å²) in [6.45, 7) is 3.77. The van der Waals surface area contributed by atoms with Gasteiger partial charge in [0, 0.05) is 29.3 Å². The van der Waals surface area contributed by atoms with Gasteiger partial charge in [0.1, 0.15) is 0 Å². The second-order valence-corrected chi connectivity index (χ2v) is 9.28. The number of halogens is 2. The van der Waals surface area contributed by atoms with Crippen LogP contribution in [-0.4, -0.2) is 32.6 Å². The van der Waals surface area contributed by atoms with Crippen molar-refractivity contribution in [2.45, 2.75) is 38.5 Å². The highest BCUT2D eigenvalue weighted by Crippen LogP contribution is 2.48. The monoisotopic (exact) mass is 515 g/mol. The first-order chi connectivity index (χ1) is 16.8. The summed E-state index contributed by atoms with van der Waals surface area (Å²) in [6.07, 6.45) is 0.860. The van der Waals surface area contributed by atoms with Crippen molar-refractivity contribution in [1.29, 1.82) is 0 Å². The predicted octanol–water partition coefficient (Wildman–Crippen LogP) is 5.94. The molecule has 1 N–H and O–H groups in total. The van der Waals surface area contributed by atoms with Crippen LogP contribution in [0.2, 0.25) is 10.0 Å². The number of hydrogen-bond acceptors (Lipinski definition) is 6. The number of ether oxygens (including phenoxy) is 3. The molecule has 0 bridgehead atoms. The molecule has 2 atom stereocenters. The van der Waals surface area contributed by atoms with Gasteiger partial charge >= 0.3 is 5.97 Å². The van der Waals surface area contributed by atoms with Crippen LogP contribution in [0.25, 0.3) is 0 Å². The van der Waals surface area contributed by atoms with Crippen molar-refractivity contribution in [3.8, 4) is 11.5 Å². The molecule has 1 heterocycles. The molecule has 0 radical (unpaired) electrons. The minimum Gasteiger partial charge on any atom is -0.493 e. The summed E-state index contributed by atoms with van der Waals surface area (Å²) in [7, 11) is 3.17. The number of rotatable bonds is 6. The second-order valence-electron chi connectivity index (χ2n) is 8.50. The van der Waals surface area contributed by atoms with Crippen molar-refractivity contribution in [1.82, 2.24) is 5.32 Å². The minimum atomic E-state index is -0.671. The Morgan fingerprint density at radius 2 is 1.83 bits per heavy atom. The number of ketones is 1. The van der Waals surface area contributed by atoms with Crippen LogP contribution in [0.1, 0.15) is 49.7 Å². The summed E-state index contributed by atoms with van der Waals surface area (Å²) in [5.41, 5.74) is 3.87. The lowest BCUT2D eigenvalue weighted by molar-refractivity contribution is -0.138. The molecule has 0 saturated heterocycles. The minimum absolute atomic E-state index is 0.0612. The Morgan fingerprint density at radius 1 is 1.09 bits per heavy atom. The molecular weight excluding hydrogens is 489 g/mol. The highest BCUT2D eigenvalue weighted by Gasteiger charge is 2.42. The van der Waals surface area contributed by atoms with Crippen molar-refractivity contribution in [3.05, 3.63) is 80.1 Å². The van der Waals surface area contributed by atoms with Crippen molar-refractivity contribution < 1.29 is 23.8 Å². The summed E-state index contributed by atoms with van der Waals surface area (Å²) in [5, 5.41) is 4.00. The summed E-state index contributed by atoms with van der Waals surface area (Å²) in [5.74, 6) is -0.0502. The molecule has 0 fully saturated rings. The molecule has 0 spiro atoms. The Hall–Kier alpha value is -2.96. The van der Waals surface area contributed by atoms with E-state index in [1.807, 2.05) is 25.1 Å². The molecule has 0 unspecified atom stereocenters. The number of carbonyl (C=O) groups excluding carboxylic acids is 2. The summed E-state index contributed by atoms with van der Waals surface area (Å²) in [6, 6.07) is 10.9. The lowest BCUT2D eigenvalue weighted by Gasteiger charge is -2.37. The summed E-state index contributed by atoms with van der Waals surface area (Å²) >= 11 is 12.9. The normalized spacial score (nSPS) is 19.8. The molecule has 0 amide bonds. The summed E-state index contributed by atoms with van der Waals surface area (Å²) in [4.78, 5) is 26.7. The average molecular weight is 516 g/mol. The zero-order chi connectivity index (χ0) is 25.3. The predicted molar refractivity (Wildman–Crippen MR) is 135 cm³/mol. The number of benzene rings is 2. The zero-order valence-electron chi connectivity index (χ0n) is 20.0. The van der Waals surface area contributed by atoms with E-state index in [4.69, 9.17) is 37.4 Å². The second kappa shape index (κ2) is 10.3. The smallest absolute Gasteiger partial charge is 0.336 e. The van der Waals surface area contributed by atoms with Crippen LogP contribution in [0.5, 0.6) is 11.5 Å². The van der Waals surface area contributed by atoms with E-state index in [-0.39, 0.29) is 24.7 Å². The van der Waals surface area contributed by atoms with Gasteiger partial charge in [-0.15, -0.1) is 0 Å². The highest BCUT2D eigenvalue weighted by molar-refractivity contribution is 6.42. The quantitative estimate of drug-likeness (QED) is 0.480. The maximum Gasteiger partial charge on any atom is 0.336 e. The third-order valence-electron chi connectivity index (χ3n) is 6.49. The van der Waals surface area contributed by atoms with E-state index in [0.29, 0.717) is 50.4 Å². The van der Waals surface area contributed by atoms with Gasteiger partial charge in [0.05, 0.1) is 36.4 Å². The number of allylic oxidation sites excluding steroid dienone is 3. The fourth-order valence-electron chi connectivity index (χ4n) is 4.92. The molecular formula is C27H27Cl2NO5. The Morgan fingerprint density at radius 3 is 2.51 bits per heavy atom. The zero-order valence-corrected chi connectivity index (χ0v) is 21.5. The number of hydrogen-bond donors (Lipinski definition) is 1. The number of methoxy groups -OCH3 is 2. The number of esters is 1. The van der Waals surface area contributed by atoms with Crippen LogP contribution in [0.15, 0.2) is 58.9 Å². The molecule has 2 aromatic carbocycles. The average Bonchev–Trinajstić information content (AvgIpc) is 2.84. The molecule has 1 aliphatic carbocycles. The van der Waals surface area contributed by atoms with Crippen LogP contribution < -0.4 is 14.8 Å². The lowest BCUT2D eigenvalue weighted by Crippen LogP contribution is -2.36. The van der Waals surface area contributed by atoms with Crippen LogP contribution in [0, 0.1) is 0 Å². The molecule has 0 saturated carbocycles. The Labute approximate surface area is 214 Å². The molecule has 35 heavy (non-hydrogen) atoms. The third kappa shape index (κ3) is 4.65. The van der Waals surface area contributed by atoms with Crippen LogP contribution in [0.3, 0.4) is 0 Å². The molecule has 6 nitrogen and oxygen atoms in total. The molecule has 8 heteroatoms. The molecule has 2 aromatic rings. The van der Waals surface area contributed by atoms with Crippen molar-refractivity contribution in [3.63, 3.8) is 0 Å². The van der Waals surface area contributed by atoms with Gasteiger partial charge in [-0.25, -0.2) is 4.79 Å². The number of carbonyl (C=O) groups is 2. The van der Waals surface area contributed by atoms with Gasteiger partial charge in [-0.3, -0.25) is 4.79 Å². The molecule has 1 aliphatic heterocycles. The van der Waals surface area contributed by atoms with Gasteiger partial charge in [0.15, 0.2) is 17.3 Å². The van der Waals surface area contributed by atoms with Crippen LogP contribution >= 0.6 is 23.2 Å². The maximum atomic E-state index is 13.7. The highest BCUT2D eigenvalue weighted by atomic mass is 35.5. The number of nitrogens with one attached hydrogen (secondary N) is 1. The lowest BCUT2D eigenvalue weighted by atomic mass is 9.71. The van der Waals surface area contributed by atoms with E-state index in [1.54, 1.807) is 39.3 Å². The standard InChI is InChI=1S/C27H27Cl2NO5/c1-5-35-27(32)23-14(2)30-19-11-16(15-9-10-21(33-3)22(13-15)34-4)12-20(31)25(19)24(23)17-7-6-8-18(28)26(17)29/h6-10,13,16,24,30H,5,11-12H2,1-4H3/t16-,24+/m1/s1. The van der Waals surface area contributed by atoms with Gasteiger partial charge < -0.3 is 19.5 Å². The van der Waals surface area contributed by atoms with E-state index in [2.05, 4.69) is 5.32 Å². The van der Waals surface area contributed by atoms with Crippen LogP contribution in [0.4, 0.5) is 0 Å². The topological polar surface area (TPSA) is 73.9 Å². The first kappa shape index (κ1) is 25.1. The van der Waals surface area contributed by atoms with Crippen LogP contribution in [-0.2, 0) is 14.3 Å². The van der Waals surface area contributed by atoms with Gasteiger partial charge in [-0.2, -0.15) is 0 Å².